The van der Waals surface area contributed by atoms with Crippen LogP contribution in [-0.2, 0) is 6.54 Å². The van der Waals surface area contributed by atoms with Gasteiger partial charge in [0.2, 0.25) is 0 Å². The van der Waals surface area contributed by atoms with Gasteiger partial charge in [-0.05, 0) is 22.6 Å². The summed E-state index contributed by atoms with van der Waals surface area (Å²) in [4.78, 5) is 27.3. The molecule has 0 amide bonds. The molecule has 0 spiro atoms. The summed E-state index contributed by atoms with van der Waals surface area (Å²) < 4.78 is 4.04. The highest BCUT2D eigenvalue weighted by atomic mass is 32.2. The molecular formula is C14H14N2O2S4. The van der Waals surface area contributed by atoms with Gasteiger partial charge >= 0.3 is 5.69 Å². The maximum absolute atomic E-state index is 12.1. The molecule has 0 saturated heterocycles. The van der Waals surface area contributed by atoms with Crippen molar-refractivity contribution in [1.82, 2.24) is 9.55 Å². The SMILES string of the molecule is CCCCn1cc(C2=CSC(=C3SC=CS3)S2)c(=O)[nH]c1=O. The molecule has 8 heteroatoms. The molecule has 0 atom stereocenters. The van der Waals surface area contributed by atoms with Crippen molar-refractivity contribution in [1.29, 1.82) is 0 Å². The summed E-state index contributed by atoms with van der Waals surface area (Å²) >= 11 is 6.65. The predicted octanol–water partition coefficient (Wildman–Crippen LogP) is 4.19. The van der Waals surface area contributed by atoms with Crippen molar-refractivity contribution in [2.75, 3.05) is 0 Å². The lowest BCUT2D eigenvalue weighted by atomic mass is 10.3. The Hall–Kier alpha value is -0.700. The van der Waals surface area contributed by atoms with Crippen LogP contribution < -0.4 is 11.2 Å². The second kappa shape index (κ2) is 7.25. The molecule has 0 radical (unpaired) electrons. The van der Waals surface area contributed by atoms with Gasteiger partial charge in [0.1, 0.15) is 0 Å². The summed E-state index contributed by atoms with van der Waals surface area (Å²) in [6, 6.07) is 0. The van der Waals surface area contributed by atoms with E-state index in [4.69, 9.17) is 0 Å². The van der Waals surface area contributed by atoms with E-state index in [0.29, 0.717) is 12.1 Å². The smallest absolute Gasteiger partial charge is 0.300 e. The van der Waals surface area contributed by atoms with Crippen LogP contribution in [0.25, 0.3) is 4.91 Å². The lowest BCUT2D eigenvalue weighted by Crippen LogP contribution is -2.31. The van der Waals surface area contributed by atoms with Gasteiger partial charge in [-0.25, -0.2) is 4.79 Å². The summed E-state index contributed by atoms with van der Waals surface area (Å²) in [6.07, 6.45) is 3.61. The Morgan fingerprint density at radius 3 is 2.64 bits per heavy atom. The first kappa shape index (κ1) is 16.2. The monoisotopic (exact) mass is 370 g/mol. The van der Waals surface area contributed by atoms with Crippen LogP contribution in [0.3, 0.4) is 0 Å². The Bertz CT molecular complexity index is 779. The number of aromatic nitrogens is 2. The number of nitrogens with one attached hydrogen (secondary N) is 1. The Labute approximate surface area is 144 Å². The highest BCUT2D eigenvalue weighted by Gasteiger charge is 2.22. The van der Waals surface area contributed by atoms with Crippen LogP contribution in [0.4, 0.5) is 0 Å². The third-order valence-electron chi connectivity index (χ3n) is 3.08. The van der Waals surface area contributed by atoms with Gasteiger partial charge < -0.3 is 0 Å². The van der Waals surface area contributed by atoms with Gasteiger partial charge in [-0.15, -0.1) is 0 Å². The number of aromatic amines is 1. The Balaban J connectivity index is 1.87. The number of nitrogens with zero attached hydrogens (tertiary/aromatic N) is 1. The van der Waals surface area contributed by atoms with Crippen molar-refractivity contribution in [3.63, 3.8) is 0 Å². The van der Waals surface area contributed by atoms with E-state index in [1.165, 1.54) is 8.47 Å². The lowest BCUT2D eigenvalue weighted by molar-refractivity contribution is 0.596. The number of H-pyrrole nitrogens is 1. The van der Waals surface area contributed by atoms with Crippen LogP contribution in [0.15, 0.2) is 40.5 Å². The number of rotatable bonds is 4. The molecule has 3 rings (SSSR count). The van der Waals surface area contributed by atoms with Crippen LogP contribution in [-0.4, -0.2) is 9.55 Å². The fraction of sp³-hybridized carbons (Fsp3) is 0.286. The molecule has 1 aromatic heterocycles. The van der Waals surface area contributed by atoms with Crippen LogP contribution in [0.2, 0.25) is 0 Å². The highest BCUT2D eigenvalue weighted by molar-refractivity contribution is 8.35. The zero-order chi connectivity index (χ0) is 15.5. The van der Waals surface area contributed by atoms with E-state index < -0.39 is 0 Å². The molecule has 2 aliphatic rings. The zero-order valence-electron chi connectivity index (χ0n) is 11.8. The second-order valence-electron chi connectivity index (χ2n) is 4.63. The fourth-order valence-corrected chi connectivity index (χ4v) is 6.42. The second-order valence-corrected chi connectivity index (χ2v) is 8.91. The van der Waals surface area contributed by atoms with Gasteiger partial charge in [0.05, 0.1) is 14.0 Å². The van der Waals surface area contributed by atoms with E-state index in [-0.39, 0.29) is 11.2 Å². The molecule has 0 saturated carbocycles. The standard InChI is InChI=1S/C14H14N2O2S4/c1-2-3-4-16-7-9(11(17)15-14(16)18)10-8-21-13(22-10)12-19-5-6-20-12/h5-8H,2-4H2,1H3,(H,15,17,18). The number of thioether (sulfide) groups is 4. The molecule has 0 aromatic carbocycles. The molecule has 4 nitrogen and oxygen atoms in total. The molecule has 0 aliphatic carbocycles. The molecule has 0 bridgehead atoms. The van der Waals surface area contributed by atoms with Crippen molar-refractivity contribution < 1.29 is 0 Å². The summed E-state index contributed by atoms with van der Waals surface area (Å²) in [5.74, 6) is 0. The molecule has 116 valence electrons. The first-order chi connectivity index (χ1) is 10.7. The molecule has 1 aromatic rings. The van der Waals surface area contributed by atoms with Gasteiger partial charge in [-0.3, -0.25) is 14.3 Å². The predicted molar refractivity (Wildman–Crippen MR) is 101 cm³/mol. The Kier molecular flexibility index (Phi) is 5.33. The van der Waals surface area contributed by atoms with Crippen LogP contribution in [0.1, 0.15) is 25.3 Å². The molecule has 2 aliphatic heterocycles. The average molecular weight is 371 g/mol. The summed E-state index contributed by atoms with van der Waals surface area (Å²) in [7, 11) is 0. The number of hydrogen-bond acceptors (Lipinski definition) is 6. The van der Waals surface area contributed by atoms with Gasteiger partial charge in [0.15, 0.2) is 0 Å². The molecule has 3 heterocycles. The first-order valence-electron chi connectivity index (χ1n) is 6.80. The molecule has 0 unspecified atom stereocenters. The summed E-state index contributed by atoms with van der Waals surface area (Å²) in [5.41, 5.74) is -0.0684. The van der Waals surface area contributed by atoms with Gasteiger partial charge in [0, 0.05) is 17.6 Å². The molecule has 1 N–H and O–H groups in total. The highest BCUT2D eigenvalue weighted by Crippen LogP contribution is 2.55. The Morgan fingerprint density at radius 1 is 1.14 bits per heavy atom. The van der Waals surface area contributed by atoms with E-state index in [1.54, 1.807) is 57.8 Å². The average Bonchev–Trinajstić information content (AvgIpc) is 3.17. The zero-order valence-corrected chi connectivity index (χ0v) is 15.1. The van der Waals surface area contributed by atoms with Crippen LogP contribution in [0, 0.1) is 0 Å². The van der Waals surface area contributed by atoms with Crippen molar-refractivity contribution in [2.24, 2.45) is 0 Å². The molecule has 22 heavy (non-hydrogen) atoms. The number of unbranched alkanes of at least 4 members (excludes halogenated alkanes) is 1. The quantitative estimate of drug-likeness (QED) is 0.857. The molecular weight excluding hydrogens is 356 g/mol. The normalized spacial score (nSPS) is 17.4. The first-order valence-corrected chi connectivity index (χ1v) is 10.3. The van der Waals surface area contributed by atoms with Gasteiger partial charge in [-0.1, -0.05) is 60.4 Å². The minimum Gasteiger partial charge on any atom is -0.300 e. The van der Waals surface area contributed by atoms with Crippen molar-refractivity contribution >= 4 is 52.0 Å². The van der Waals surface area contributed by atoms with E-state index >= 15 is 0 Å². The van der Waals surface area contributed by atoms with E-state index in [2.05, 4.69) is 22.7 Å². The van der Waals surface area contributed by atoms with Gasteiger partial charge in [0.25, 0.3) is 5.56 Å². The third kappa shape index (κ3) is 3.45. The van der Waals surface area contributed by atoms with E-state index in [1.807, 2.05) is 5.41 Å². The largest absolute Gasteiger partial charge is 0.328 e. The topological polar surface area (TPSA) is 54.9 Å². The lowest BCUT2D eigenvalue weighted by Gasteiger charge is -2.07. The fourth-order valence-electron chi connectivity index (χ4n) is 1.95. The third-order valence-corrected chi connectivity index (χ3v) is 8.13. The minimum atomic E-state index is -0.330. The summed E-state index contributed by atoms with van der Waals surface area (Å²) in [6.45, 7) is 2.71. The van der Waals surface area contributed by atoms with Crippen LogP contribution in [0.5, 0.6) is 0 Å². The van der Waals surface area contributed by atoms with Crippen molar-refractivity contribution in [2.45, 2.75) is 26.3 Å². The maximum atomic E-state index is 12.1. The van der Waals surface area contributed by atoms with Crippen molar-refractivity contribution in [3.8, 4) is 0 Å². The van der Waals surface area contributed by atoms with E-state index in [0.717, 1.165) is 17.7 Å². The van der Waals surface area contributed by atoms with Crippen LogP contribution >= 0.6 is 47.0 Å². The van der Waals surface area contributed by atoms with Crippen molar-refractivity contribution in [3.05, 3.63) is 57.3 Å². The van der Waals surface area contributed by atoms with Gasteiger partial charge in [-0.2, -0.15) is 0 Å². The number of aryl methyl sites for hydroxylation is 1. The summed E-state index contributed by atoms with van der Waals surface area (Å²) in [5, 5.41) is 6.11. The van der Waals surface area contributed by atoms with E-state index in [9.17, 15) is 9.59 Å². The maximum Gasteiger partial charge on any atom is 0.328 e. The molecule has 0 fully saturated rings. The Morgan fingerprint density at radius 2 is 1.91 bits per heavy atom. The minimum absolute atomic E-state index is 0.312. The number of hydrogen-bond donors (Lipinski definition) is 1.